The summed E-state index contributed by atoms with van der Waals surface area (Å²) in [4.78, 5) is 4.10. The van der Waals surface area contributed by atoms with Crippen LogP contribution in [0.25, 0.3) is 16.8 Å². The zero-order chi connectivity index (χ0) is 35.4. The van der Waals surface area contributed by atoms with Crippen molar-refractivity contribution in [1.82, 2.24) is 4.98 Å². The van der Waals surface area contributed by atoms with E-state index in [1.807, 2.05) is 0 Å². The monoisotopic (exact) mass is 671 g/mol. The number of unbranched alkanes of at least 4 members (excludes halogenated alkanes) is 1. The third-order valence-electron chi connectivity index (χ3n) is 7.80. The van der Waals surface area contributed by atoms with Crippen molar-refractivity contribution in [3.63, 3.8) is 0 Å². The van der Waals surface area contributed by atoms with Crippen molar-refractivity contribution in [1.29, 1.82) is 5.41 Å². The van der Waals surface area contributed by atoms with E-state index in [9.17, 15) is 26.3 Å². The molecular weight excluding hydrogens is 624 g/mol. The molecule has 2 aromatic rings. The van der Waals surface area contributed by atoms with Crippen molar-refractivity contribution >= 4 is 11.4 Å². The Balaban J connectivity index is 2.71. The Morgan fingerprint density at radius 2 is 1.49 bits per heavy atom. The number of aromatic nitrogens is 1. The summed E-state index contributed by atoms with van der Waals surface area (Å²) in [6, 6.07) is 5.38. The molecule has 2 rings (SSSR count). The molecule has 262 valence electrons. The molecule has 0 radical (unpaired) electrons. The minimum atomic E-state index is -4.91. The number of halogens is 6. The molecule has 0 aliphatic carbocycles. The highest BCUT2D eigenvalue weighted by Gasteiger charge is 2.35. The summed E-state index contributed by atoms with van der Waals surface area (Å²) in [6.45, 7) is 9.22. The molecule has 0 aliphatic rings. The van der Waals surface area contributed by atoms with Gasteiger partial charge in [0.05, 0.1) is 36.0 Å². The van der Waals surface area contributed by atoms with E-state index < -0.39 is 35.5 Å². The lowest BCUT2D eigenvalue weighted by Crippen LogP contribution is -2.36. The summed E-state index contributed by atoms with van der Waals surface area (Å²) in [5.41, 5.74) is 13.8. The Morgan fingerprint density at radius 3 is 2.06 bits per heavy atom. The number of ether oxygens (including phenoxy) is 2. The van der Waals surface area contributed by atoms with Crippen LogP contribution in [0.4, 0.5) is 26.3 Å². The predicted molar refractivity (Wildman–Crippen MR) is 174 cm³/mol. The first-order chi connectivity index (χ1) is 22.0. The fourth-order valence-corrected chi connectivity index (χ4v) is 4.74. The van der Waals surface area contributed by atoms with E-state index in [1.165, 1.54) is 12.1 Å². The van der Waals surface area contributed by atoms with Crippen molar-refractivity contribution in [2.24, 2.45) is 29.0 Å². The van der Waals surface area contributed by atoms with Gasteiger partial charge in [-0.25, -0.2) is 4.98 Å². The molecule has 1 aromatic heterocycles. The average molecular weight is 672 g/mol. The molecule has 0 spiro atoms. The van der Waals surface area contributed by atoms with Crippen molar-refractivity contribution in [2.75, 3.05) is 13.2 Å². The fraction of sp³-hybridized carbons (Fsp3) is 0.529. The van der Waals surface area contributed by atoms with E-state index in [2.05, 4.69) is 32.7 Å². The fourth-order valence-electron chi connectivity index (χ4n) is 4.74. The van der Waals surface area contributed by atoms with Gasteiger partial charge in [-0.3, -0.25) is 5.41 Å². The molecule has 1 heterocycles. The molecule has 7 N–H and O–H groups in total. The second-order valence-corrected chi connectivity index (χ2v) is 11.6. The Labute approximate surface area is 273 Å². The lowest BCUT2D eigenvalue weighted by Gasteiger charge is -2.20. The number of rotatable bonds is 18. The zero-order valence-corrected chi connectivity index (χ0v) is 27.4. The van der Waals surface area contributed by atoms with Gasteiger partial charge in [-0.2, -0.15) is 26.3 Å². The number of pyridine rings is 1. The first-order valence-corrected chi connectivity index (χ1v) is 15.9. The standard InChI is InChI=1S/C34H47F6N5O2/c1-5-9-11-22(8-4)19-46-24-12-13-25(30(16-24)47-20-21(7-3)10-6-2)23-14-28(26(41)17-31(43)33(35,36)37)45-29(15-23)27(42)18-32(44)34(38,39)40/h12-18,21-22,31,42H,5-11,19-20,41,43-44H2,1-4H3/b26-17-,32-18-,42-27?. The number of allylic oxidation sites excluding steroid dienone is 2. The Bertz CT molecular complexity index is 1350. The summed E-state index contributed by atoms with van der Waals surface area (Å²) in [5.74, 6) is 1.53. The highest BCUT2D eigenvalue weighted by molar-refractivity contribution is 6.06. The molecule has 1 aromatic carbocycles. The molecule has 47 heavy (non-hydrogen) atoms. The molecule has 7 nitrogen and oxygen atoms in total. The topological polar surface area (TPSA) is 133 Å². The third-order valence-corrected chi connectivity index (χ3v) is 7.80. The van der Waals surface area contributed by atoms with Gasteiger partial charge in [-0.05, 0) is 66.7 Å². The molecule has 3 unspecified atom stereocenters. The smallest absolute Gasteiger partial charge is 0.430 e. The molecule has 0 amide bonds. The number of hydrogen-bond acceptors (Lipinski definition) is 7. The van der Waals surface area contributed by atoms with E-state index in [4.69, 9.17) is 32.1 Å². The van der Waals surface area contributed by atoms with Crippen LogP contribution in [-0.4, -0.2) is 42.3 Å². The van der Waals surface area contributed by atoms with Gasteiger partial charge in [0.1, 0.15) is 23.2 Å². The maximum absolute atomic E-state index is 13.2. The first kappa shape index (κ1) is 39.4. The minimum absolute atomic E-state index is 0.230. The van der Waals surface area contributed by atoms with Crippen LogP contribution in [0.3, 0.4) is 0 Å². The predicted octanol–water partition coefficient (Wildman–Crippen LogP) is 8.51. The van der Waals surface area contributed by atoms with Crippen LogP contribution in [0.5, 0.6) is 11.5 Å². The molecule has 3 atom stereocenters. The number of alkyl halides is 6. The number of benzene rings is 1. The number of hydrogen-bond donors (Lipinski definition) is 4. The lowest BCUT2D eigenvalue weighted by molar-refractivity contribution is -0.136. The van der Waals surface area contributed by atoms with E-state index >= 15 is 0 Å². The van der Waals surface area contributed by atoms with Gasteiger partial charge in [0.25, 0.3) is 0 Å². The van der Waals surface area contributed by atoms with Crippen molar-refractivity contribution < 1.29 is 35.8 Å². The van der Waals surface area contributed by atoms with Gasteiger partial charge in [0.2, 0.25) is 0 Å². The van der Waals surface area contributed by atoms with Gasteiger partial charge in [-0.15, -0.1) is 0 Å². The summed E-state index contributed by atoms with van der Waals surface area (Å²) >= 11 is 0. The maximum Gasteiger partial charge on any atom is 0.430 e. The molecule has 13 heteroatoms. The Morgan fingerprint density at radius 1 is 0.872 bits per heavy atom. The lowest BCUT2D eigenvalue weighted by atomic mass is 9.99. The summed E-state index contributed by atoms with van der Waals surface area (Å²) in [5, 5.41) is 8.30. The number of nitrogens with two attached hydrogens (primary N) is 3. The van der Waals surface area contributed by atoms with Crippen molar-refractivity contribution in [3.05, 3.63) is 59.6 Å². The van der Waals surface area contributed by atoms with Crippen molar-refractivity contribution in [3.8, 4) is 22.6 Å². The highest BCUT2D eigenvalue weighted by atomic mass is 19.4. The van der Waals surface area contributed by atoms with Gasteiger partial charge < -0.3 is 26.7 Å². The number of nitrogens with one attached hydrogen (secondary N) is 1. The third kappa shape index (κ3) is 12.4. The Hall–Kier alpha value is -3.74. The van der Waals surface area contributed by atoms with Crippen LogP contribution in [0.15, 0.2) is 48.2 Å². The molecule has 0 saturated heterocycles. The van der Waals surface area contributed by atoms with Gasteiger partial charge in [0, 0.05) is 11.6 Å². The first-order valence-electron chi connectivity index (χ1n) is 15.9. The second kappa shape index (κ2) is 18.0. The maximum atomic E-state index is 13.2. The number of nitrogens with zero attached hydrogens (tertiary/aromatic N) is 1. The van der Waals surface area contributed by atoms with E-state index in [0.717, 1.165) is 44.9 Å². The van der Waals surface area contributed by atoms with Crippen LogP contribution in [0.2, 0.25) is 0 Å². The molecule has 0 saturated carbocycles. The second-order valence-electron chi connectivity index (χ2n) is 11.6. The van der Waals surface area contributed by atoms with Crippen LogP contribution < -0.4 is 26.7 Å². The molecule has 0 fully saturated rings. The van der Waals surface area contributed by atoms with E-state index in [-0.39, 0.29) is 22.9 Å². The van der Waals surface area contributed by atoms with Crippen LogP contribution in [0, 0.1) is 17.2 Å². The summed E-state index contributed by atoms with van der Waals surface area (Å²) in [7, 11) is 0. The van der Waals surface area contributed by atoms with E-state index in [0.29, 0.717) is 48.3 Å². The molecular formula is C34H47F6N5O2. The summed E-state index contributed by atoms with van der Waals surface area (Å²) < 4.78 is 91.6. The van der Waals surface area contributed by atoms with Gasteiger partial charge in [-0.1, -0.05) is 59.8 Å². The highest BCUT2D eigenvalue weighted by Crippen LogP contribution is 2.36. The van der Waals surface area contributed by atoms with E-state index in [1.54, 1.807) is 18.2 Å². The average Bonchev–Trinajstić information content (AvgIpc) is 3.01. The van der Waals surface area contributed by atoms with Gasteiger partial charge >= 0.3 is 12.4 Å². The zero-order valence-electron chi connectivity index (χ0n) is 27.4. The quantitative estimate of drug-likeness (QED) is 0.0928. The van der Waals surface area contributed by atoms with Crippen LogP contribution in [0.1, 0.15) is 84.0 Å². The summed E-state index contributed by atoms with van der Waals surface area (Å²) in [6.07, 6.45) is -1.91. The minimum Gasteiger partial charge on any atom is -0.493 e. The molecule has 0 bridgehead atoms. The van der Waals surface area contributed by atoms with Crippen LogP contribution >= 0.6 is 0 Å². The largest absolute Gasteiger partial charge is 0.493 e. The van der Waals surface area contributed by atoms with Gasteiger partial charge in [0.15, 0.2) is 0 Å². The molecule has 0 aliphatic heterocycles. The van der Waals surface area contributed by atoms with Crippen molar-refractivity contribution in [2.45, 2.75) is 91.0 Å². The SMILES string of the molecule is CCCCC(CC)COc1ccc(-c2cc(C(=N)/C=C(\N)C(F)(F)F)nc(/C(N)=C/C(N)C(F)(F)F)c2)c(OCC(CC)CCC)c1. The Kier molecular flexibility index (Phi) is 15.1. The van der Waals surface area contributed by atoms with Crippen LogP contribution in [-0.2, 0) is 0 Å². The normalized spacial score (nSPS) is 14.9.